The van der Waals surface area contributed by atoms with Crippen LogP contribution >= 0.6 is 11.6 Å². The summed E-state index contributed by atoms with van der Waals surface area (Å²) in [5.41, 5.74) is 1.89. The van der Waals surface area contributed by atoms with Gasteiger partial charge in [0.2, 0.25) is 0 Å². The van der Waals surface area contributed by atoms with E-state index in [9.17, 15) is 4.39 Å². The quantitative estimate of drug-likeness (QED) is 0.815. The number of halogens is 2. The van der Waals surface area contributed by atoms with Gasteiger partial charge in [0, 0.05) is 10.7 Å². The molecule has 1 unspecified atom stereocenters. The highest BCUT2D eigenvalue weighted by Crippen LogP contribution is 2.24. The fraction of sp³-hybridized carbons (Fsp3) is 0.200. The molecule has 0 aliphatic carbocycles. The van der Waals surface area contributed by atoms with Gasteiger partial charge in [0.05, 0.1) is 6.04 Å². The Morgan fingerprint density at radius 1 is 1.17 bits per heavy atom. The first-order valence-corrected chi connectivity index (χ1v) is 6.34. The van der Waals surface area contributed by atoms with Gasteiger partial charge >= 0.3 is 0 Å². The van der Waals surface area contributed by atoms with Crippen molar-refractivity contribution in [2.24, 2.45) is 0 Å². The Balaban J connectivity index is 2.19. The maximum Gasteiger partial charge on any atom is 0.123 e. The van der Waals surface area contributed by atoms with Gasteiger partial charge in [0.25, 0.3) is 0 Å². The summed E-state index contributed by atoms with van der Waals surface area (Å²) >= 11 is 5.94. The molecule has 2 aromatic carbocycles. The fourth-order valence-electron chi connectivity index (χ4n) is 1.92. The molecule has 0 aromatic heterocycles. The van der Waals surface area contributed by atoms with Crippen molar-refractivity contribution in [3.63, 3.8) is 0 Å². The van der Waals surface area contributed by atoms with E-state index < -0.39 is 0 Å². The fourth-order valence-corrected chi connectivity index (χ4v) is 2.11. The van der Waals surface area contributed by atoms with Gasteiger partial charge in [-0.15, -0.1) is 0 Å². The molecule has 0 aliphatic rings. The van der Waals surface area contributed by atoms with Gasteiger partial charge in [0.15, 0.2) is 0 Å². The van der Waals surface area contributed by atoms with Crippen molar-refractivity contribution in [1.82, 2.24) is 0 Å². The van der Waals surface area contributed by atoms with E-state index in [2.05, 4.69) is 12.2 Å². The van der Waals surface area contributed by atoms with Crippen LogP contribution in [0, 0.1) is 5.82 Å². The Kier molecular flexibility index (Phi) is 4.21. The summed E-state index contributed by atoms with van der Waals surface area (Å²) in [6.07, 6.45) is 0.871. The van der Waals surface area contributed by atoms with Crippen LogP contribution in [0.3, 0.4) is 0 Å². The van der Waals surface area contributed by atoms with Crippen molar-refractivity contribution in [3.8, 4) is 0 Å². The van der Waals surface area contributed by atoms with E-state index >= 15 is 0 Å². The smallest absolute Gasteiger partial charge is 0.123 e. The topological polar surface area (TPSA) is 12.0 Å². The van der Waals surface area contributed by atoms with Crippen LogP contribution in [0.15, 0.2) is 48.5 Å². The second-order valence-corrected chi connectivity index (χ2v) is 4.61. The minimum absolute atomic E-state index is 0.0826. The zero-order chi connectivity index (χ0) is 13.0. The predicted octanol–water partition coefficient (Wildman–Crippen LogP) is 5.04. The van der Waals surface area contributed by atoms with Crippen LogP contribution in [0.1, 0.15) is 24.9 Å². The molecule has 0 spiro atoms. The largest absolute Gasteiger partial charge is 0.378 e. The maximum absolute atomic E-state index is 13.2. The number of anilines is 1. The second kappa shape index (κ2) is 5.87. The first kappa shape index (κ1) is 12.9. The summed E-state index contributed by atoms with van der Waals surface area (Å²) in [7, 11) is 0. The van der Waals surface area contributed by atoms with Gasteiger partial charge in [-0.05, 0) is 42.3 Å². The Morgan fingerprint density at radius 2 is 1.94 bits per heavy atom. The van der Waals surface area contributed by atoms with E-state index in [1.54, 1.807) is 12.1 Å². The molecular weight excluding hydrogens is 249 g/mol. The standard InChI is InChI=1S/C15H15ClFN/c1-2-15(11-5-3-7-13(17)9-11)18-14-8-4-6-12(16)10-14/h3-10,15,18H,2H2,1H3. The normalized spacial score (nSPS) is 12.2. The zero-order valence-corrected chi connectivity index (χ0v) is 10.9. The average Bonchev–Trinajstić information content (AvgIpc) is 2.36. The molecule has 1 N–H and O–H groups in total. The predicted molar refractivity (Wildman–Crippen MR) is 74.5 cm³/mol. The van der Waals surface area contributed by atoms with Crippen LogP contribution in [-0.4, -0.2) is 0 Å². The van der Waals surface area contributed by atoms with Crippen molar-refractivity contribution in [2.45, 2.75) is 19.4 Å². The number of hydrogen-bond acceptors (Lipinski definition) is 1. The third kappa shape index (κ3) is 3.23. The molecule has 2 aromatic rings. The molecule has 94 valence electrons. The molecule has 0 aliphatic heterocycles. The molecule has 1 atom stereocenters. The minimum Gasteiger partial charge on any atom is -0.378 e. The van der Waals surface area contributed by atoms with Crippen LogP contribution < -0.4 is 5.32 Å². The van der Waals surface area contributed by atoms with Crippen LogP contribution in [-0.2, 0) is 0 Å². The van der Waals surface area contributed by atoms with Gasteiger partial charge in [-0.25, -0.2) is 4.39 Å². The van der Waals surface area contributed by atoms with Crippen molar-refractivity contribution in [3.05, 3.63) is 64.9 Å². The first-order valence-electron chi connectivity index (χ1n) is 5.96. The minimum atomic E-state index is -0.209. The van der Waals surface area contributed by atoms with Gasteiger partial charge in [-0.3, -0.25) is 0 Å². The summed E-state index contributed by atoms with van der Waals surface area (Å²) in [6, 6.07) is 14.3. The van der Waals surface area contributed by atoms with Gasteiger partial charge < -0.3 is 5.32 Å². The van der Waals surface area contributed by atoms with Crippen LogP contribution in [0.5, 0.6) is 0 Å². The zero-order valence-electron chi connectivity index (χ0n) is 10.2. The van der Waals surface area contributed by atoms with E-state index in [1.165, 1.54) is 6.07 Å². The van der Waals surface area contributed by atoms with Crippen molar-refractivity contribution < 1.29 is 4.39 Å². The Morgan fingerprint density at radius 3 is 2.61 bits per heavy atom. The second-order valence-electron chi connectivity index (χ2n) is 4.17. The first-order chi connectivity index (χ1) is 8.69. The Labute approximate surface area is 112 Å². The van der Waals surface area contributed by atoms with Crippen molar-refractivity contribution in [1.29, 1.82) is 0 Å². The summed E-state index contributed by atoms with van der Waals surface area (Å²) in [5.74, 6) is -0.209. The summed E-state index contributed by atoms with van der Waals surface area (Å²) < 4.78 is 13.2. The molecule has 0 fully saturated rings. The molecule has 0 saturated heterocycles. The van der Waals surface area contributed by atoms with Gasteiger partial charge in [-0.1, -0.05) is 36.7 Å². The Bertz CT molecular complexity index is 527. The summed E-state index contributed by atoms with van der Waals surface area (Å²) in [5, 5.41) is 4.05. The molecular formula is C15H15ClFN. The van der Waals surface area contributed by atoms with Crippen LogP contribution in [0.25, 0.3) is 0 Å². The molecule has 18 heavy (non-hydrogen) atoms. The van der Waals surface area contributed by atoms with E-state index in [0.29, 0.717) is 5.02 Å². The van der Waals surface area contributed by atoms with Crippen molar-refractivity contribution >= 4 is 17.3 Å². The van der Waals surface area contributed by atoms with E-state index in [0.717, 1.165) is 17.7 Å². The molecule has 0 saturated carbocycles. The lowest BCUT2D eigenvalue weighted by molar-refractivity contribution is 0.621. The highest BCUT2D eigenvalue weighted by molar-refractivity contribution is 6.30. The third-order valence-corrected chi connectivity index (χ3v) is 3.06. The molecule has 0 bridgehead atoms. The number of benzene rings is 2. The number of rotatable bonds is 4. The summed E-state index contributed by atoms with van der Waals surface area (Å²) in [4.78, 5) is 0. The van der Waals surface area contributed by atoms with Crippen LogP contribution in [0.2, 0.25) is 5.02 Å². The molecule has 2 rings (SSSR count). The molecule has 0 heterocycles. The van der Waals surface area contributed by atoms with Crippen molar-refractivity contribution in [2.75, 3.05) is 5.32 Å². The lowest BCUT2D eigenvalue weighted by Crippen LogP contribution is -2.09. The van der Waals surface area contributed by atoms with E-state index in [1.807, 2.05) is 30.3 Å². The maximum atomic E-state index is 13.2. The third-order valence-electron chi connectivity index (χ3n) is 2.82. The highest BCUT2D eigenvalue weighted by Gasteiger charge is 2.09. The summed E-state index contributed by atoms with van der Waals surface area (Å²) in [6.45, 7) is 2.06. The monoisotopic (exact) mass is 263 g/mol. The highest BCUT2D eigenvalue weighted by atomic mass is 35.5. The van der Waals surface area contributed by atoms with E-state index in [4.69, 9.17) is 11.6 Å². The SMILES string of the molecule is CCC(Nc1cccc(Cl)c1)c1cccc(F)c1. The number of nitrogens with one attached hydrogen (secondary N) is 1. The average molecular weight is 264 g/mol. The molecule has 3 heteroatoms. The number of hydrogen-bond donors (Lipinski definition) is 1. The molecule has 0 radical (unpaired) electrons. The lowest BCUT2D eigenvalue weighted by atomic mass is 10.0. The van der Waals surface area contributed by atoms with Gasteiger partial charge in [-0.2, -0.15) is 0 Å². The van der Waals surface area contributed by atoms with Crippen LogP contribution in [0.4, 0.5) is 10.1 Å². The lowest BCUT2D eigenvalue weighted by Gasteiger charge is -2.19. The van der Waals surface area contributed by atoms with Gasteiger partial charge in [0.1, 0.15) is 5.82 Å². The Hall–Kier alpha value is -1.54. The van der Waals surface area contributed by atoms with E-state index in [-0.39, 0.29) is 11.9 Å². The molecule has 1 nitrogen and oxygen atoms in total. The molecule has 0 amide bonds.